The molecule has 1 heterocycles. The third kappa shape index (κ3) is 3.51. The van der Waals surface area contributed by atoms with Crippen LogP contribution in [0.15, 0.2) is 12.1 Å². The highest BCUT2D eigenvalue weighted by Gasteiger charge is 2.23. The van der Waals surface area contributed by atoms with E-state index in [4.69, 9.17) is 4.98 Å². The van der Waals surface area contributed by atoms with Gasteiger partial charge in [0.15, 0.2) is 0 Å². The minimum Gasteiger partial charge on any atom is -0.357 e. The fourth-order valence-electron chi connectivity index (χ4n) is 3.28. The van der Waals surface area contributed by atoms with Gasteiger partial charge in [-0.3, -0.25) is 0 Å². The Kier molecular flexibility index (Phi) is 5.41. The lowest BCUT2D eigenvalue weighted by atomic mass is 9.84. The van der Waals surface area contributed by atoms with Gasteiger partial charge in [0.25, 0.3) is 0 Å². The molecule has 0 aromatic carbocycles. The number of nitrogens with zero attached hydrogens (tertiary/aromatic N) is 2. The summed E-state index contributed by atoms with van der Waals surface area (Å²) in [5.74, 6) is 2.08. The van der Waals surface area contributed by atoms with Gasteiger partial charge in [0.05, 0.1) is 0 Å². The molecule has 112 valence electrons. The van der Waals surface area contributed by atoms with Crippen LogP contribution in [0.2, 0.25) is 0 Å². The van der Waals surface area contributed by atoms with Crippen molar-refractivity contribution < 1.29 is 0 Å². The van der Waals surface area contributed by atoms with Gasteiger partial charge in [-0.1, -0.05) is 19.4 Å². The van der Waals surface area contributed by atoms with Crippen LogP contribution in [0.1, 0.15) is 50.3 Å². The minimum atomic E-state index is 0.667. The summed E-state index contributed by atoms with van der Waals surface area (Å²) in [5.41, 5.74) is 2.44. The van der Waals surface area contributed by atoms with E-state index in [9.17, 15) is 0 Å². The Bertz CT molecular complexity index is 422. The maximum atomic E-state index is 4.79. The van der Waals surface area contributed by atoms with Crippen LogP contribution in [0.25, 0.3) is 0 Å². The fraction of sp³-hybridized carbons (Fsp3) is 0.706. The van der Waals surface area contributed by atoms with Crippen molar-refractivity contribution in [3.63, 3.8) is 0 Å². The third-order valence-electron chi connectivity index (χ3n) is 4.85. The molecule has 1 fully saturated rings. The Hall–Kier alpha value is -1.09. The molecule has 0 unspecified atom stereocenters. The van der Waals surface area contributed by atoms with E-state index in [-0.39, 0.29) is 0 Å². The van der Waals surface area contributed by atoms with Crippen LogP contribution >= 0.6 is 0 Å². The number of aryl methyl sites for hydroxylation is 1. The van der Waals surface area contributed by atoms with Gasteiger partial charge >= 0.3 is 0 Å². The SMILES string of the molecule is CCC1CCC(N(C)c2ccc(CNC)c(C)n2)CC1. The molecule has 1 saturated carbocycles. The molecule has 1 N–H and O–H groups in total. The zero-order valence-corrected chi connectivity index (χ0v) is 13.4. The normalized spacial score (nSPS) is 22.8. The van der Waals surface area contributed by atoms with Crippen molar-refractivity contribution in [1.29, 1.82) is 0 Å². The number of aromatic nitrogens is 1. The minimum absolute atomic E-state index is 0.667. The Morgan fingerprint density at radius 1 is 1.25 bits per heavy atom. The van der Waals surface area contributed by atoms with Crippen molar-refractivity contribution in [3.8, 4) is 0 Å². The average molecular weight is 275 g/mol. The highest BCUT2D eigenvalue weighted by atomic mass is 15.2. The number of rotatable bonds is 5. The van der Waals surface area contributed by atoms with Gasteiger partial charge in [-0.25, -0.2) is 4.98 Å². The molecule has 2 rings (SSSR count). The Balaban J connectivity index is 2.02. The van der Waals surface area contributed by atoms with Crippen LogP contribution in [0.5, 0.6) is 0 Å². The summed E-state index contributed by atoms with van der Waals surface area (Å²) < 4.78 is 0. The van der Waals surface area contributed by atoms with Gasteiger partial charge in [0.2, 0.25) is 0 Å². The molecule has 1 aliphatic rings. The highest BCUT2D eigenvalue weighted by Crippen LogP contribution is 2.30. The van der Waals surface area contributed by atoms with E-state index in [0.717, 1.165) is 24.0 Å². The van der Waals surface area contributed by atoms with E-state index in [0.29, 0.717) is 6.04 Å². The number of pyridine rings is 1. The summed E-state index contributed by atoms with van der Waals surface area (Å²) in [6, 6.07) is 5.05. The maximum absolute atomic E-state index is 4.79. The lowest BCUT2D eigenvalue weighted by Crippen LogP contribution is -2.35. The van der Waals surface area contributed by atoms with Crippen LogP contribution < -0.4 is 10.2 Å². The van der Waals surface area contributed by atoms with Gasteiger partial charge in [0.1, 0.15) is 5.82 Å². The summed E-state index contributed by atoms with van der Waals surface area (Å²) in [4.78, 5) is 7.18. The Morgan fingerprint density at radius 3 is 2.50 bits per heavy atom. The second kappa shape index (κ2) is 7.07. The van der Waals surface area contributed by atoms with E-state index in [2.05, 4.69) is 43.2 Å². The molecule has 1 aliphatic carbocycles. The fourth-order valence-corrected chi connectivity index (χ4v) is 3.28. The Morgan fingerprint density at radius 2 is 1.95 bits per heavy atom. The molecule has 0 amide bonds. The first-order valence-corrected chi connectivity index (χ1v) is 7.99. The van der Waals surface area contributed by atoms with Gasteiger partial charge < -0.3 is 10.2 Å². The summed E-state index contributed by atoms with van der Waals surface area (Å²) in [5, 5.41) is 3.19. The lowest BCUT2D eigenvalue weighted by molar-refractivity contribution is 0.313. The quantitative estimate of drug-likeness (QED) is 0.891. The standard InChI is InChI=1S/C17H29N3/c1-5-14-6-9-16(10-7-14)20(4)17-11-8-15(12-18-3)13(2)19-17/h8,11,14,16,18H,5-7,9-10,12H2,1-4H3. The number of nitrogens with one attached hydrogen (secondary N) is 1. The smallest absolute Gasteiger partial charge is 0.128 e. The van der Waals surface area contributed by atoms with Crippen LogP contribution in [0.3, 0.4) is 0 Å². The van der Waals surface area contributed by atoms with Crippen molar-refractivity contribution in [3.05, 3.63) is 23.4 Å². The van der Waals surface area contributed by atoms with Crippen molar-refractivity contribution in [1.82, 2.24) is 10.3 Å². The van der Waals surface area contributed by atoms with Crippen LogP contribution in [0, 0.1) is 12.8 Å². The van der Waals surface area contributed by atoms with Gasteiger partial charge in [-0.2, -0.15) is 0 Å². The van der Waals surface area contributed by atoms with Crippen molar-refractivity contribution in [2.45, 2.75) is 58.5 Å². The van der Waals surface area contributed by atoms with Crippen LogP contribution in [-0.4, -0.2) is 25.1 Å². The summed E-state index contributed by atoms with van der Waals surface area (Å²) in [7, 11) is 4.18. The third-order valence-corrected chi connectivity index (χ3v) is 4.85. The molecule has 0 radical (unpaired) electrons. The molecule has 3 heteroatoms. The first-order chi connectivity index (χ1) is 9.65. The van der Waals surface area contributed by atoms with E-state index < -0.39 is 0 Å². The first-order valence-electron chi connectivity index (χ1n) is 7.99. The van der Waals surface area contributed by atoms with Crippen molar-refractivity contribution in [2.24, 2.45) is 5.92 Å². The Labute approximate surface area is 123 Å². The zero-order chi connectivity index (χ0) is 14.5. The summed E-state index contributed by atoms with van der Waals surface area (Å²) >= 11 is 0. The largest absolute Gasteiger partial charge is 0.357 e. The zero-order valence-electron chi connectivity index (χ0n) is 13.4. The summed E-state index contributed by atoms with van der Waals surface area (Å²) in [6.45, 7) is 5.32. The van der Waals surface area contributed by atoms with E-state index >= 15 is 0 Å². The molecular weight excluding hydrogens is 246 g/mol. The van der Waals surface area contributed by atoms with E-state index in [1.54, 1.807) is 0 Å². The number of hydrogen-bond acceptors (Lipinski definition) is 3. The predicted octanol–water partition coefficient (Wildman–Crippen LogP) is 3.51. The molecule has 1 aromatic heterocycles. The monoisotopic (exact) mass is 275 g/mol. The van der Waals surface area contributed by atoms with Crippen molar-refractivity contribution >= 4 is 5.82 Å². The second-order valence-electron chi connectivity index (χ2n) is 6.14. The predicted molar refractivity (Wildman–Crippen MR) is 86.2 cm³/mol. The highest BCUT2D eigenvalue weighted by molar-refractivity contribution is 5.42. The van der Waals surface area contributed by atoms with Crippen molar-refractivity contribution in [2.75, 3.05) is 19.0 Å². The van der Waals surface area contributed by atoms with Crippen LogP contribution in [0.4, 0.5) is 5.82 Å². The molecule has 0 atom stereocenters. The molecule has 20 heavy (non-hydrogen) atoms. The molecular formula is C17H29N3. The maximum Gasteiger partial charge on any atom is 0.128 e. The van der Waals surface area contributed by atoms with E-state index in [1.807, 2.05) is 7.05 Å². The molecule has 0 spiro atoms. The summed E-state index contributed by atoms with van der Waals surface area (Å²) in [6.07, 6.45) is 6.72. The molecule has 0 saturated heterocycles. The average Bonchev–Trinajstić information content (AvgIpc) is 2.49. The molecule has 3 nitrogen and oxygen atoms in total. The topological polar surface area (TPSA) is 28.2 Å². The molecule has 0 aliphatic heterocycles. The lowest BCUT2D eigenvalue weighted by Gasteiger charge is -2.35. The molecule has 1 aromatic rings. The van der Waals surface area contributed by atoms with Gasteiger partial charge in [0, 0.05) is 25.3 Å². The van der Waals surface area contributed by atoms with Gasteiger partial charge in [-0.05, 0) is 57.2 Å². The van der Waals surface area contributed by atoms with Crippen LogP contribution in [-0.2, 0) is 6.54 Å². The molecule has 0 bridgehead atoms. The number of anilines is 1. The van der Waals surface area contributed by atoms with Gasteiger partial charge in [-0.15, -0.1) is 0 Å². The van der Waals surface area contributed by atoms with E-state index in [1.165, 1.54) is 37.7 Å². The number of hydrogen-bond donors (Lipinski definition) is 1. The second-order valence-corrected chi connectivity index (χ2v) is 6.14. The first kappa shape index (κ1) is 15.3.